The molecule has 224 valence electrons. The standard InChI is InChI=1S/C28H29ClF4N6O3/c1-38-21(19-4-5-22(42-28(32)33)24(31)23(19)30)11-36-25(38)27(41)37-17-2-3-18(20(29)8-17)26(40)35-7-6-15-12-39(13-15)14-16-9-34-10-16/h2-5,8,11,15-16,28,34H,6-7,9-10,12-14H2,1H3,(H,35,40)(H,37,41). The molecule has 9 nitrogen and oxygen atoms in total. The first kappa shape index (κ1) is 29.8. The van der Waals surface area contributed by atoms with Crippen LogP contribution in [0.15, 0.2) is 36.5 Å². The van der Waals surface area contributed by atoms with Crippen molar-refractivity contribution >= 4 is 29.1 Å². The second-order valence-corrected chi connectivity index (χ2v) is 10.9. The highest BCUT2D eigenvalue weighted by Crippen LogP contribution is 2.31. The number of rotatable bonds is 11. The fourth-order valence-electron chi connectivity index (χ4n) is 5.09. The van der Waals surface area contributed by atoms with Crippen molar-refractivity contribution in [2.45, 2.75) is 13.0 Å². The van der Waals surface area contributed by atoms with E-state index in [0.29, 0.717) is 12.5 Å². The van der Waals surface area contributed by atoms with E-state index in [1.54, 1.807) is 0 Å². The van der Waals surface area contributed by atoms with Gasteiger partial charge in [-0.05, 0) is 48.6 Å². The number of aromatic nitrogens is 2. The molecule has 0 atom stereocenters. The second kappa shape index (κ2) is 12.7. The summed E-state index contributed by atoms with van der Waals surface area (Å²) in [7, 11) is 1.41. The molecule has 0 saturated carbocycles. The Morgan fingerprint density at radius 1 is 1.12 bits per heavy atom. The number of nitrogens with zero attached hydrogens (tertiary/aromatic N) is 3. The lowest BCUT2D eigenvalue weighted by Crippen LogP contribution is -2.55. The average Bonchev–Trinajstić information content (AvgIpc) is 3.27. The number of anilines is 1. The van der Waals surface area contributed by atoms with Crippen LogP contribution in [-0.4, -0.2) is 72.1 Å². The zero-order valence-corrected chi connectivity index (χ0v) is 23.4. The predicted molar refractivity (Wildman–Crippen MR) is 148 cm³/mol. The first-order valence-electron chi connectivity index (χ1n) is 13.4. The molecule has 5 rings (SSSR count). The number of benzene rings is 2. The number of halogens is 5. The van der Waals surface area contributed by atoms with Gasteiger partial charge in [0.05, 0.1) is 22.5 Å². The third-order valence-electron chi connectivity index (χ3n) is 7.46. The number of amides is 2. The molecule has 3 heterocycles. The number of hydrogen-bond acceptors (Lipinski definition) is 6. The van der Waals surface area contributed by atoms with Crippen molar-refractivity contribution in [1.29, 1.82) is 0 Å². The van der Waals surface area contributed by atoms with Gasteiger partial charge >= 0.3 is 6.61 Å². The Hall–Kier alpha value is -3.68. The molecule has 2 saturated heterocycles. The molecular formula is C28H29ClF4N6O3. The highest BCUT2D eigenvalue weighted by Gasteiger charge is 2.30. The van der Waals surface area contributed by atoms with Crippen molar-refractivity contribution in [2.24, 2.45) is 18.9 Å². The molecule has 0 bridgehead atoms. The van der Waals surface area contributed by atoms with Gasteiger partial charge in [0.15, 0.2) is 17.4 Å². The van der Waals surface area contributed by atoms with E-state index in [1.807, 2.05) is 0 Å². The molecule has 2 aliphatic rings. The van der Waals surface area contributed by atoms with Gasteiger partial charge in [0.2, 0.25) is 5.82 Å². The summed E-state index contributed by atoms with van der Waals surface area (Å²) in [6.45, 7) is 2.62. The molecule has 0 radical (unpaired) electrons. The minimum atomic E-state index is -3.32. The monoisotopic (exact) mass is 608 g/mol. The van der Waals surface area contributed by atoms with Crippen molar-refractivity contribution in [3.05, 3.63) is 64.6 Å². The lowest BCUT2D eigenvalue weighted by molar-refractivity contribution is -0.0525. The van der Waals surface area contributed by atoms with Gasteiger partial charge in [0, 0.05) is 57.6 Å². The first-order chi connectivity index (χ1) is 20.1. The van der Waals surface area contributed by atoms with Crippen LogP contribution in [-0.2, 0) is 7.05 Å². The van der Waals surface area contributed by atoms with E-state index in [-0.39, 0.29) is 39.3 Å². The molecule has 2 aliphatic heterocycles. The minimum absolute atomic E-state index is 0.0236. The Kier molecular flexibility index (Phi) is 8.99. The van der Waals surface area contributed by atoms with Gasteiger partial charge in [-0.2, -0.15) is 13.2 Å². The van der Waals surface area contributed by atoms with Gasteiger partial charge in [-0.3, -0.25) is 9.59 Å². The van der Waals surface area contributed by atoms with Crippen molar-refractivity contribution in [1.82, 2.24) is 25.1 Å². The van der Waals surface area contributed by atoms with Crippen molar-refractivity contribution in [2.75, 3.05) is 44.6 Å². The molecule has 3 N–H and O–H groups in total. The number of ether oxygens (including phenoxy) is 1. The summed E-state index contributed by atoms with van der Waals surface area (Å²) in [6, 6.07) is 6.35. The van der Waals surface area contributed by atoms with E-state index >= 15 is 0 Å². The van der Waals surface area contributed by atoms with Crippen LogP contribution in [0.2, 0.25) is 5.02 Å². The van der Waals surface area contributed by atoms with E-state index in [4.69, 9.17) is 11.6 Å². The maximum atomic E-state index is 14.6. The molecule has 0 spiro atoms. The molecule has 2 amide bonds. The molecule has 0 aliphatic carbocycles. The van der Waals surface area contributed by atoms with E-state index in [2.05, 4.69) is 30.6 Å². The molecule has 2 fully saturated rings. The number of carbonyl (C=O) groups excluding carboxylic acids is 2. The topological polar surface area (TPSA) is 101 Å². The van der Waals surface area contributed by atoms with E-state index in [9.17, 15) is 27.2 Å². The van der Waals surface area contributed by atoms with Gasteiger partial charge in [-0.25, -0.2) is 9.37 Å². The predicted octanol–water partition coefficient (Wildman–Crippen LogP) is 4.14. The second-order valence-electron chi connectivity index (χ2n) is 10.4. The van der Waals surface area contributed by atoms with Crippen molar-refractivity contribution in [3.63, 3.8) is 0 Å². The average molecular weight is 609 g/mol. The summed E-state index contributed by atoms with van der Waals surface area (Å²) in [4.78, 5) is 32.0. The van der Waals surface area contributed by atoms with Crippen LogP contribution in [0.25, 0.3) is 11.3 Å². The molecule has 1 aromatic heterocycles. The molecule has 3 aromatic rings. The number of imidazole rings is 1. The number of hydrogen-bond donors (Lipinski definition) is 3. The fraction of sp³-hybridized carbons (Fsp3) is 0.393. The van der Waals surface area contributed by atoms with E-state index < -0.39 is 29.9 Å². The van der Waals surface area contributed by atoms with Crippen LogP contribution in [0.4, 0.5) is 23.2 Å². The Balaban J connectivity index is 1.15. The van der Waals surface area contributed by atoms with Crippen molar-refractivity contribution < 1.29 is 31.9 Å². The van der Waals surface area contributed by atoms with Crippen molar-refractivity contribution in [3.8, 4) is 17.0 Å². The summed E-state index contributed by atoms with van der Waals surface area (Å²) >= 11 is 6.33. The molecule has 0 unspecified atom stereocenters. The molecule has 14 heteroatoms. The Morgan fingerprint density at radius 3 is 2.55 bits per heavy atom. The maximum Gasteiger partial charge on any atom is 0.387 e. The zero-order chi connectivity index (χ0) is 30.0. The smallest absolute Gasteiger partial charge is 0.387 e. The van der Waals surface area contributed by atoms with Crippen LogP contribution in [0.1, 0.15) is 27.4 Å². The summed E-state index contributed by atoms with van der Waals surface area (Å²) < 4.78 is 58.8. The summed E-state index contributed by atoms with van der Waals surface area (Å²) in [6.07, 6.45) is 2.03. The number of alkyl halides is 2. The SMILES string of the molecule is Cn1c(-c2ccc(OC(F)F)c(F)c2F)cnc1C(=O)Nc1ccc(C(=O)NCCC2CN(CC3CNC3)C2)c(Cl)c1. The Labute approximate surface area is 244 Å². The molecule has 42 heavy (non-hydrogen) atoms. The molecule has 2 aromatic carbocycles. The largest absolute Gasteiger partial charge is 0.432 e. The number of nitrogens with one attached hydrogen (secondary N) is 3. The minimum Gasteiger partial charge on any atom is -0.432 e. The van der Waals surface area contributed by atoms with Gasteiger partial charge in [0.25, 0.3) is 11.8 Å². The quantitative estimate of drug-likeness (QED) is 0.283. The first-order valence-corrected chi connectivity index (χ1v) is 13.8. The third kappa shape index (κ3) is 6.53. The van der Waals surface area contributed by atoms with E-state index in [1.165, 1.54) is 29.8 Å². The number of likely N-dealkylation sites (tertiary alicyclic amines) is 1. The van der Waals surface area contributed by atoms with Gasteiger partial charge in [-0.15, -0.1) is 0 Å². The summed E-state index contributed by atoms with van der Waals surface area (Å²) in [5, 5.41) is 8.92. The van der Waals surface area contributed by atoms with Crippen LogP contribution in [0.5, 0.6) is 5.75 Å². The highest BCUT2D eigenvalue weighted by atomic mass is 35.5. The lowest BCUT2D eigenvalue weighted by Gasteiger charge is -2.43. The lowest BCUT2D eigenvalue weighted by atomic mass is 9.93. The maximum absolute atomic E-state index is 14.6. The van der Waals surface area contributed by atoms with Crippen LogP contribution in [0, 0.1) is 23.5 Å². The Bertz CT molecular complexity index is 1480. The fourth-order valence-corrected chi connectivity index (χ4v) is 5.35. The number of carbonyl (C=O) groups is 2. The normalized spacial score (nSPS) is 15.8. The van der Waals surface area contributed by atoms with Gasteiger partial charge < -0.3 is 30.2 Å². The summed E-state index contributed by atoms with van der Waals surface area (Å²) in [5.41, 5.74) is 0.268. The molecular weight excluding hydrogens is 580 g/mol. The zero-order valence-electron chi connectivity index (χ0n) is 22.6. The van der Waals surface area contributed by atoms with Gasteiger partial charge in [0.1, 0.15) is 0 Å². The third-order valence-corrected chi connectivity index (χ3v) is 7.77. The van der Waals surface area contributed by atoms with E-state index in [0.717, 1.165) is 63.4 Å². The Morgan fingerprint density at radius 2 is 1.88 bits per heavy atom. The highest BCUT2D eigenvalue weighted by molar-refractivity contribution is 6.34. The van der Waals surface area contributed by atoms with Gasteiger partial charge in [-0.1, -0.05) is 11.6 Å². The van der Waals surface area contributed by atoms with Crippen LogP contribution in [0.3, 0.4) is 0 Å². The van der Waals surface area contributed by atoms with Crippen LogP contribution < -0.4 is 20.7 Å². The summed E-state index contributed by atoms with van der Waals surface area (Å²) in [5.74, 6) is -3.79. The van der Waals surface area contributed by atoms with Crippen LogP contribution >= 0.6 is 11.6 Å².